The Morgan fingerprint density at radius 3 is 2.22 bits per heavy atom. The second-order valence-electron chi connectivity index (χ2n) is 6.85. The molecular formula is C19H32N2O2. The lowest BCUT2D eigenvalue weighted by Crippen LogP contribution is -2.32. The van der Waals surface area contributed by atoms with E-state index in [-0.39, 0.29) is 18.2 Å². The van der Waals surface area contributed by atoms with Crippen molar-refractivity contribution in [2.24, 2.45) is 0 Å². The molecule has 4 nitrogen and oxygen atoms in total. The first-order valence-electron chi connectivity index (χ1n) is 9.53. The molecule has 0 saturated carbocycles. The average molecular weight is 320 g/mol. The molecule has 0 radical (unpaired) electrons. The Labute approximate surface area is 140 Å². The zero-order chi connectivity index (χ0) is 16.5. The summed E-state index contributed by atoms with van der Waals surface area (Å²) in [6.45, 7) is 4.41. The Morgan fingerprint density at radius 1 is 0.957 bits per heavy atom. The Kier molecular flexibility index (Phi) is 7.63. The molecule has 1 N–H and O–H groups in total. The maximum absolute atomic E-state index is 12.1. The van der Waals surface area contributed by atoms with Gasteiger partial charge >= 0.3 is 0 Å². The molecule has 2 saturated heterocycles. The number of unbranched alkanes of at least 4 members (excludes halogenated alkanes) is 6. The number of likely N-dealkylation sites (tertiary alicyclic amines) is 1. The van der Waals surface area contributed by atoms with Gasteiger partial charge in [0.25, 0.3) is 5.91 Å². The van der Waals surface area contributed by atoms with Gasteiger partial charge in [0.15, 0.2) is 5.78 Å². The topological polar surface area (TPSA) is 49.4 Å². The second-order valence-corrected chi connectivity index (χ2v) is 6.85. The van der Waals surface area contributed by atoms with Gasteiger partial charge in [0.05, 0.1) is 6.54 Å². The quantitative estimate of drug-likeness (QED) is 0.401. The fraction of sp³-hybridized carbons (Fsp3) is 0.789. The molecule has 2 heterocycles. The molecule has 0 aromatic heterocycles. The van der Waals surface area contributed by atoms with Crippen molar-refractivity contribution in [1.29, 1.82) is 0 Å². The molecule has 23 heavy (non-hydrogen) atoms. The van der Waals surface area contributed by atoms with E-state index in [4.69, 9.17) is 0 Å². The average Bonchev–Trinajstić information content (AvgIpc) is 2.90. The minimum Gasteiger partial charge on any atom is -0.374 e. The number of allylic oxidation sites excluding steroid dienone is 1. The molecule has 2 aliphatic heterocycles. The predicted molar refractivity (Wildman–Crippen MR) is 93.1 cm³/mol. The number of carbonyl (C=O) groups is 2. The van der Waals surface area contributed by atoms with Crippen LogP contribution in [-0.2, 0) is 9.59 Å². The minimum absolute atomic E-state index is 0.0153. The largest absolute Gasteiger partial charge is 0.374 e. The van der Waals surface area contributed by atoms with Crippen molar-refractivity contribution in [2.45, 2.75) is 77.6 Å². The Balaban J connectivity index is 1.91. The number of ketones is 1. The number of rotatable bonds is 9. The fourth-order valence-corrected chi connectivity index (χ4v) is 3.61. The third-order valence-electron chi connectivity index (χ3n) is 4.96. The molecular weight excluding hydrogens is 288 g/mol. The first kappa shape index (κ1) is 18.0. The van der Waals surface area contributed by atoms with E-state index in [9.17, 15) is 9.59 Å². The van der Waals surface area contributed by atoms with Gasteiger partial charge in [-0.15, -0.1) is 0 Å². The number of nitrogens with zero attached hydrogens (tertiary/aromatic N) is 1. The summed E-state index contributed by atoms with van der Waals surface area (Å²) < 4.78 is 0. The molecule has 1 amide bonds. The lowest BCUT2D eigenvalue weighted by atomic mass is 10.0. The Hall–Kier alpha value is -1.32. The van der Waals surface area contributed by atoms with Gasteiger partial charge in [-0.3, -0.25) is 9.59 Å². The van der Waals surface area contributed by atoms with Crippen molar-refractivity contribution in [1.82, 2.24) is 10.2 Å². The zero-order valence-electron chi connectivity index (χ0n) is 14.7. The van der Waals surface area contributed by atoms with Crippen molar-refractivity contribution in [3.8, 4) is 0 Å². The predicted octanol–water partition coefficient (Wildman–Crippen LogP) is 3.57. The number of piperidine rings is 1. The van der Waals surface area contributed by atoms with Gasteiger partial charge in [-0.25, -0.2) is 0 Å². The van der Waals surface area contributed by atoms with Crippen LogP contribution in [0.4, 0.5) is 0 Å². The highest BCUT2D eigenvalue weighted by Crippen LogP contribution is 2.25. The van der Waals surface area contributed by atoms with Crippen LogP contribution >= 0.6 is 0 Å². The van der Waals surface area contributed by atoms with E-state index in [1.807, 2.05) is 0 Å². The van der Waals surface area contributed by atoms with Crippen molar-refractivity contribution in [2.75, 3.05) is 19.6 Å². The molecule has 130 valence electrons. The van der Waals surface area contributed by atoms with Crippen LogP contribution in [0.15, 0.2) is 11.3 Å². The second kappa shape index (κ2) is 9.74. The number of Topliss-reactive ketones (excluding diaryl/α,β-unsaturated/α-hetero) is 1. The molecule has 0 spiro atoms. The Bertz CT molecular complexity index is 419. The van der Waals surface area contributed by atoms with Crippen molar-refractivity contribution >= 4 is 11.7 Å². The van der Waals surface area contributed by atoms with Crippen LogP contribution in [0.5, 0.6) is 0 Å². The van der Waals surface area contributed by atoms with Gasteiger partial charge in [0, 0.05) is 18.8 Å². The van der Waals surface area contributed by atoms with E-state index in [2.05, 4.69) is 17.1 Å². The third-order valence-corrected chi connectivity index (χ3v) is 4.96. The van der Waals surface area contributed by atoms with Crippen LogP contribution in [-0.4, -0.2) is 36.2 Å². The van der Waals surface area contributed by atoms with Crippen molar-refractivity contribution < 1.29 is 9.59 Å². The highest BCUT2D eigenvalue weighted by Gasteiger charge is 2.31. The van der Waals surface area contributed by atoms with Crippen molar-refractivity contribution in [3.63, 3.8) is 0 Å². The molecule has 0 aliphatic carbocycles. The summed E-state index contributed by atoms with van der Waals surface area (Å²) in [5.41, 5.74) is 1.48. The molecule has 0 bridgehead atoms. The molecule has 2 fully saturated rings. The lowest BCUT2D eigenvalue weighted by Gasteiger charge is -2.32. The van der Waals surface area contributed by atoms with Crippen LogP contribution in [0, 0.1) is 0 Å². The standard InChI is InChI=1S/C19H32N2O2/c1-2-3-4-5-6-7-9-12-16(21-13-10-8-11-14-21)18-17(22)15-20-19(18)23/h2-15H2,1H3,(H,20,23)/b18-16-. The van der Waals surface area contributed by atoms with E-state index >= 15 is 0 Å². The number of nitrogens with one attached hydrogen (secondary N) is 1. The van der Waals surface area contributed by atoms with Crippen LogP contribution in [0.2, 0.25) is 0 Å². The SMILES string of the molecule is CCCCCCCCC/C(=C1\C(=O)CNC1=O)N1CCCCC1. The third kappa shape index (κ3) is 5.36. The summed E-state index contributed by atoms with van der Waals surface area (Å²) in [5, 5.41) is 2.69. The first-order chi connectivity index (χ1) is 11.2. The number of hydrogen-bond acceptors (Lipinski definition) is 3. The van der Waals surface area contributed by atoms with E-state index in [0.717, 1.165) is 31.6 Å². The van der Waals surface area contributed by atoms with Gasteiger partial charge in [0.1, 0.15) is 5.57 Å². The smallest absolute Gasteiger partial charge is 0.257 e. The first-order valence-corrected chi connectivity index (χ1v) is 9.53. The van der Waals surface area contributed by atoms with Crippen molar-refractivity contribution in [3.05, 3.63) is 11.3 Å². The van der Waals surface area contributed by atoms with Crippen LogP contribution in [0.1, 0.15) is 77.6 Å². The Morgan fingerprint density at radius 2 is 1.61 bits per heavy atom. The lowest BCUT2D eigenvalue weighted by molar-refractivity contribution is -0.117. The zero-order valence-corrected chi connectivity index (χ0v) is 14.7. The van der Waals surface area contributed by atoms with Gasteiger partial charge < -0.3 is 10.2 Å². The van der Waals surface area contributed by atoms with Crippen LogP contribution in [0.3, 0.4) is 0 Å². The minimum atomic E-state index is -0.154. The summed E-state index contributed by atoms with van der Waals surface area (Å²) >= 11 is 0. The highest BCUT2D eigenvalue weighted by molar-refractivity contribution is 6.25. The molecule has 4 heteroatoms. The summed E-state index contributed by atoms with van der Waals surface area (Å²) in [7, 11) is 0. The number of amides is 1. The number of hydrogen-bond donors (Lipinski definition) is 1. The maximum atomic E-state index is 12.1. The van der Waals surface area contributed by atoms with Crippen LogP contribution < -0.4 is 5.32 Å². The maximum Gasteiger partial charge on any atom is 0.257 e. The summed E-state index contributed by atoms with van der Waals surface area (Å²) in [4.78, 5) is 26.5. The summed E-state index contributed by atoms with van der Waals surface area (Å²) in [6, 6.07) is 0. The van der Waals surface area contributed by atoms with E-state index in [1.165, 1.54) is 57.8 Å². The molecule has 2 rings (SSSR count). The molecule has 0 atom stereocenters. The molecule has 0 aromatic rings. The monoisotopic (exact) mass is 320 g/mol. The molecule has 2 aliphatic rings. The molecule has 0 unspecified atom stereocenters. The van der Waals surface area contributed by atoms with Gasteiger partial charge in [-0.05, 0) is 32.1 Å². The highest BCUT2D eigenvalue weighted by atomic mass is 16.2. The van der Waals surface area contributed by atoms with E-state index in [1.54, 1.807) is 0 Å². The van der Waals surface area contributed by atoms with Gasteiger partial charge in [-0.1, -0.05) is 45.4 Å². The van der Waals surface area contributed by atoms with E-state index in [0.29, 0.717) is 5.57 Å². The normalized spacial score (nSPS) is 20.8. The summed E-state index contributed by atoms with van der Waals surface area (Å²) in [5.74, 6) is -0.169. The van der Waals surface area contributed by atoms with Crippen LogP contribution in [0.25, 0.3) is 0 Å². The van der Waals surface area contributed by atoms with Gasteiger partial charge in [0.2, 0.25) is 0 Å². The molecule has 0 aromatic carbocycles. The fourth-order valence-electron chi connectivity index (χ4n) is 3.61. The number of carbonyl (C=O) groups excluding carboxylic acids is 2. The van der Waals surface area contributed by atoms with E-state index < -0.39 is 0 Å². The van der Waals surface area contributed by atoms with Gasteiger partial charge in [-0.2, -0.15) is 0 Å². The summed E-state index contributed by atoms with van der Waals surface area (Å²) in [6.07, 6.45) is 13.3.